The van der Waals surface area contributed by atoms with Crippen LogP contribution < -0.4 is 15.4 Å². The Hall–Kier alpha value is -2.88. The molecule has 6 rings (SSSR count). The van der Waals surface area contributed by atoms with Gasteiger partial charge in [-0.15, -0.1) is 0 Å². The number of nitrogens with one attached hydrogen (secondary N) is 2. The molecule has 1 saturated carbocycles. The van der Waals surface area contributed by atoms with Crippen molar-refractivity contribution in [3.63, 3.8) is 0 Å². The van der Waals surface area contributed by atoms with Crippen LogP contribution in [0.4, 0.5) is 0 Å². The smallest absolute Gasteiger partial charge is 0.243 e. The number of ether oxygens (including phenoxy) is 2. The molecule has 1 spiro atoms. The number of sulfonamides is 1. The van der Waals surface area contributed by atoms with Gasteiger partial charge in [0.2, 0.25) is 10.0 Å². The highest BCUT2D eigenvalue weighted by Gasteiger charge is 2.54. The fraction of sp³-hybridized carbons (Fsp3) is 0.514. The lowest BCUT2D eigenvalue weighted by molar-refractivity contribution is -0.0312. The predicted octanol–water partition coefficient (Wildman–Crippen LogP) is 3.49. The first-order valence-electron chi connectivity index (χ1n) is 17.5. The minimum atomic E-state index is -3.68. The van der Waals surface area contributed by atoms with Crippen molar-refractivity contribution in [3.05, 3.63) is 78.4 Å². The van der Waals surface area contributed by atoms with Crippen LogP contribution in [0.25, 0.3) is 11.1 Å². The molecule has 0 amide bonds. The zero-order chi connectivity index (χ0) is 35.4. The summed E-state index contributed by atoms with van der Waals surface area (Å²) in [6.07, 6.45) is 2.98. The maximum atomic E-state index is 13.7. The first kappa shape index (κ1) is 36.9. The van der Waals surface area contributed by atoms with Crippen molar-refractivity contribution in [1.82, 2.24) is 14.9 Å². The average Bonchev–Trinajstić information content (AvgIpc) is 3.86. The van der Waals surface area contributed by atoms with Crippen molar-refractivity contribution in [3.8, 4) is 16.9 Å². The molecule has 50 heavy (non-hydrogen) atoms. The summed E-state index contributed by atoms with van der Waals surface area (Å²) < 4.78 is 65.7. The number of aliphatic hydroxyl groups excluding tert-OH is 2. The number of benzene rings is 3. The fourth-order valence-electron chi connectivity index (χ4n) is 6.85. The minimum Gasteiger partial charge on any atom is -0.491 e. The van der Waals surface area contributed by atoms with Gasteiger partial charge in [0.05, 0.1) is 33.4 Å². The lowest BCUT2D eigenvalue weighted by Crippen LogP contribution is -2.47. The maximum Gasteiger partial charge on any atom is 0.243 e. The highest BCUT2D eigenvalue weighted by Crippen LogP contribution is 2.46. The summed E-state index contributed by atoms with van der Waals surface area (Å²) in [4.78, 5) is 0.389. The average molecular weight is 728 g/mol. The zero-order valence-electron chi connectivity index (χ0n) is 28.6. The van der Waals surface area contributed by atoms with Crippen LogP contribution in [0, 0.1) is 0 Å². The topological polar surface area (TPSA) is 154 Å². The third kappa shape index (κ3) is 8.10. The largest absolute Gasteiger partial charge is 0.491 e. The summed E-state index contributed by atoms with van der Waals surface area (Å²) in [6, 6.07) is 21.5. The summed E-state index contributed by atoms with van der Waals surface area (Å²) in [5, 5.41) is 26.9. The van der Waals surface area contributed by atoms with Crippen molar-refractivity contribution in [2.24, 2.45) is 0 Å². The van der Waals surface area contributed by atoms with E-state index in [0.717, 1.165) is 30.6 Å². The third-order valence-corrected chi connectivity index (χ3v) is 14.7. The molecule has 2 heterocycles. The number of hydrogen-bond acceptors (Lipinski definition) is 10. The van der Waals surface area contributed by atoms with Crippen LogP contribution in [-0.2, 0) is 31.1 Å². The molecule has 272 valence electrons. The van der Waals surface area contributed by atoms with E-state index in [1.165, 1.54) is 17.7 Å². The van der Waals surface area contributed by atoms with Crippen molar-refractivity contribution < 1.29 is 36.5 Å². The van der Waals surface area contributed by atoms with E-state index in [0.29, 0.717) is 57.6 Å². The van der Waals surface area contributed by atoms with Gasteiger partial charge in [-0.25, -0.2) is 16.8 Å². The van der Waals surface area contributed by atoms with Crippen LogP contribution in [0.2, 0.25) is 0 Å². The SMILES string of the molecule is CCCNCc1ccc(-c2cccc(S(=O)(=O)N3CCC4(CC3)CC(NCC(O)COc3cccc(S(=O)(=O)C5(CO)CC5)c3)CO4)c2)cc1. The molecule has 2 atom stereocenters. The first-order valence-corrected chi connectivity index (χ1v) is 20.5. The molecule has 2 saturated heterocycles. The van der Waals surface area contributed by atoms with Gasteiger partial charge in [-0.2, -0.15) is 4.31 Å². The number of hydrogen-bond donors (Lipinski definition) is 4. The Labute approximate surface area is 296 Å². The fourth-order valence-corrected chi connectivity index (χ4v) is 10.2. The Balaban J connectivity index is 0.965. The van der Waals surface area contributed by atoms with Crippen LogP contribution in [0.3, 0.4) is 0 Å². The van der Waals surface area contributed by atoms with Gasteiger partial charge in [0.25, 0.3) is 0 Å². The molecule has 3 aromatic carbocycles. The number of sulfone groups is 1. The highest BCUT2D eigenvalue weighted by atomic mass is 32.2. The number of rotatable bonds is 16. The van der Waals surface area contributed by atoms with Gasteiger partial charge in [-0.3, -0.25) is 0 Å². The van der Waals surface area contributed by atoms with E-state index in [9.17, 15) is 27.0 Å². The molecule has 2 aliphatic heterocycles. The van der Waals surface area contributed by atoms with Gasteiger partial charge in [0, 0.05) is 32.2 Å². The molecule has 4 N–H and O–H groups in total. The van der Waals surface area contributed by atoms with Crippen LogP contribution in [0.15, 0.2) is 82.6 Å². The van der Waals surface area contributed by atoms with Crippen LogP contribution in [0.1, 0.15) is 51.0 Å². The Morgan fingerprint density at radius 3 is 2.36 bits per heavy atom. The van der Waals surface area contributed by atoms with Crippen LogP contribution in [0.5, 0.6) is 5.75 Å². The Bertz CT molecular complexity index is 1820. The molecule has 3 fully saturated rings. The van der Waals surface area contributed by atoms with Crippen LogP contribution >= 0.6 is 0 Å². The molecular weight excluding hydrogens is 679 g/mol. The third-order valence-electron chi connectivity index (χ3n) is 10.2. The van der Waals surface area contributed by atoms with E-state index in [2.05, 4.69) is 29.7 Å². The molecule has 0 bridgehead atoms. The van der Waals surface area contributed by atoms with E-state index >= 15 is 0 Å². The van der Waals surface area contributed by atoms with Gasteiger partial charge in [0.15, 0.2) is 9.84 Å². The van der Waals surface area contributed by atoms with Crippen molar-refractivity contribution >= 4 is 19.9 Å². The number of piperidine rings is 1. The second-order valence-electron chi connectivity index (χ2n) is 13.9. The molecular formula is C37H49N3O8S2. The summed E-state index contributed by atoms with van der Waals surface area (Å²) in [5.41, 5.74) is 2.60. The van der Waals surface area contributed by atoms with E-state index in [1.807, 2.05) is 18.2 Å². The van der Waals surface area contributed by atoms with E-state index in [1.54, 1.807) is 34.6 Å². The molecule has 1 aliphatic carbocycles. The van der Waals surface area contributed by atoms with Gasteiger partial charge in [0.1, 0.15) is 18.5 Å². The molecule has 0 radical (unpaired) electrons. The Kier molecular flexibility index (Phi) is 11.4. The minimum absolute atomic E-state index is 0.0000119. The Morgan fingerprint density at radius 2 is 1.66 bits per heavy atom. The Morgan fingerprint density at radius 1 is 0.940 bits per heavy atom. The van der Waals surface area contributed by atoms with Crippen molar-refractivity contribution in [1.29, 1.82) is 0 Å². The van der Waals surface area contributed by atoms with Gasteiger partial charge in [-0.1, -0.05) is 49.4 Å². The standard InChI is InChI=1S/C37H49N3O8S2/c1-2-17-38-23-28-9-11-29(12-10-28)30-5-3-8-35(20-30)50(45,46)40-18-15-36(16-19-40)22-31(25-48-36)39-24-32(42)26-47-33-6-4-7-34(21-33)49(43,44)37(27-41)13-14-37/h3-12,20-21,31-32,38-39,41-42H,2,13-19,22-27H2,1H3. The maximum absolute atomic E-state index is 13.7. The quantitative estimate of drug-likeness (QED) is 0.161. The first-order chi connectivity index (χ1) is 24.0. The number of nitrogens with zero attached hydrogens (tertiary/aromatic N) is 1. The van der Waals surface area contributed by atoms with Crippen molar-refractivity contribution in [2.45, 2.75) is 84.3 Å². The van der Waals surface area contributed by atoms with E-state index < -0.39 is 42.9 Å². The summed E-state index contributed by atoms with van der Waals surface area (Å²) in [7, 11) is -7.36. The molecule has 0 aromatic heterocycles. The molecule has 3 aliphatic rings. The molecule has 3 aromatic rings. The second-order valence-corrected chi connectivity index (χ2v) is 18.2. The van der Waals surface area contributed by atoms with Gasteiger partial charge in [-0.05, 0) is 92.1 Å². The lowest BCUT2D eigenvalue weighted by atomic mass is 9.88. The monoisotopic (exact) mass is 727 g/mol. The summed E-state index contributed by atoms with van der Waals surface area (Å²) >= 11 is 0. The number of aliphatic hydroxyl groups is 2. The second kappa shape index (κ2) is 15.4. The molecule has 13 heteroatoms. The van der Waals surface area contributed by atoms with Gasteiger partial charge >= 0.3 is 0 Å². The summed E-state index contributed by atoms with van der Waals surface area (Å²) in [5.74, 6) is 0.333. The lowest BCUT2D eigenvalue weighted by Gasteiger charge is -2.38. The van der Waals surface area contributed by atoms with Crippen LogP contribution in [-0.4, -0.2) is 99.8 Å². The van der Waals surface area contributed by atoms with Gasteiger partial charge < -0.3 is 30.3 Å². The highest BCUT2D eigenvalue weighted by molar-refractivity contribution is 7.93. The van der Waals surface area contributed by atoms with E-state index in [-0.39, 0.29) is 29.0 Å². The summed E-state index contributed by atoms with van der Waals surface area (Å²) in [6.45, 7) is 4.91. The van der Waals surface area contributed by atoms with E-state index in [4.69, 9.17) is 9.47 Å². The molecule has 2 unspecified atom stereocenters. The normalized spacial score (nSPS) is 20.9. The predicted molar refractivity (Wildman–Crippen MR) is 191 cm³/mol. The zero-order valence-corrected chi connectivity index (χ0v) is 30.2. The van der Waals surface area contributed by atoms with Crippen molar-refractivity contribution in [2.75, 3.05) is 46.0 Å². The molecule has 11 nitrogen and oxygen atoms in total.